The number of hydrogen-bond donors (Lipinski definition) is 2. The molecule has 0 aliphatic carbocycles. The number of ether oxygens (including phenoxy) is 1. The molecule has 0 radical (unpaired) electrons. The van der Waals surface area contributed by atoms with E-state index in [0.717, 1.165) is 56.4 Å². The lowest BCUT2D eigenvalue weighted by Gasteiger charge is -2.31. The predicted molar refractivity (Wildman–Crippen MR) is 114 cm³/mol. The molecule has 1 aliphatic heterocycles. The predicted octanol–water partition coefficient (Wildman–Crippen LogP) is 4.20. The van der Waals surface area contributed by atoms with Crippen LogP contribution in [0, 0.1) is 5.92 Å². The summed E-state index contributed by atoms with van der Waals surface area (Å²) in [5.41, 5.74) is 0. The van der Waals surface area contributed by atoms with E-state index < -0.39 is 0 Å². The molecule has 1 aromatic carbocycles. The first-order chi connectivity index (χ1) is 13.1. The monoisotopic (exact) mass is 385 g/mol. The van der Waals surface area contributed by atoms with Crippen LogP contribution in [-0.4, -0.2) is 34.7 Å². The number of aromatic nitrogens is 2. The average Bonchev–Trinajstić information content (AvgIpc) is 2.67. The summed E-state index contributed by atoms with van der Waals surface area (Å²) in [5, 5.41) is 6.74. The van der Waals surface area contributed by atoms with Crippen LogP contribution in [0.4, 0.5) is 11.8 Å². The van der Waals surface area contributed by atoms with Gasteiger partial charge in [-0.2, -0.15) is 9.97 Å². The lowest BCUT2D eigenvalue weighted by atomic mass is 9.99. The summed E-state index contributed by atoms with van der Waals surface area (Å²) in [6, 6.07) is 11.5. The molecule has 0 unspecified atom stereocenters. The Balaban J connectivity index is 1.81. The van der Waals surface area contributed by atoms with Crippen LogP contribution in [-0.2, 0) is 0 Å². The highest BCUT2D eigenvalue weighted by molar-refractivity contribution is 7.80. The van der Waals surface area contributed by atoms with Crippen molar-refractivity contribution >= 4 is 29.1 Å². The number of anilines is 2. The second-order valence-corrected chi connectivity index (χ2v) is 7.26. The van der Waals surface area contributed by atoms with Gasteiger partial charge in [0.25, 0.3) is 0 Å². The fourth-order valence-electron chi connectivity index (χ4n) is 2.91. The molecule has 27 heavy (non-hydrogen) atoms. The van der Waals surface area contributed by atoms with Crippen molar-refractivity contribution in [2.24, 2.45) is 5.92 Å². The van der Waals surface area contributed by atoms with Gasteiger partial charge < -0.3 is 20.3 Å². The molecule has 144 valence electrons. The van der Waals surface area contributed by atoms with Crippen LogP contribution in [0.1, 0.15) is 33.1 Å². The smallest absolute Gasteiger partial charge is 0.234 e. The number of nitrogens with zero attached hydrogens (tertiary/aromatic N) is 3. The Hall–Kier alpha value is -2.41. The topological polar surface area (TPSA) is 62.3 Å². The third-order valence-electron chi connectivity index (χ3n) is 4.52. The van der Waals surface area contributed by atoms with E-state index in [0.29, 0.717) is 16.9 Å². The van der Waals surface area contributed by atoms with Gasteiger partial charge in [-0.05, 0) is 49.5 Å². The van der Waals surface area contributed by atoms with Crippen LogP contribution < -0.4 is 20.3 Å². The minimum absolute atomic E-state index is 0.450. The van der Waals surface area contributed by atoms with Crippen LogP contribution in [0.3, 0.4) is 0 Å². The van der Waals surface area contributed by atoms with Crippen molar-refractivity contribution in [3.8, 4) is 11.6 Å². The number of benzene rings is 1. The Kier molecular flexibility index (Phi) is 6.81. The van der Waals surface area contributed by atoms with Crippen LogP contribution in [0.2, 0.25) is 0 Å². The molecule has 0 saturated carbocycles. The van der Waals surface area contributed by atoms with Crippen molar-refractivity contribution < 1.29 is 4.74 Å². The van der Waals surface area contributed by atoms with E-state index in [1.165, 1.54) is 0 Å². The second kappa shape index (κ2) is 9.50. The van der Waals surface area contributed by atoms with Crippen molar-refractivity contribution in [2.45, 2.75) is 33.1 Å². The van der Waals surface area contributed by atoms with Crippen molar-refractivity contribution in [3.05, 3.63) is 36.4 Å². The highest BCUT2D eigenvalue weighted by atomic mass is 32.1. The van der Waals surface area contributed by atoms with Crippen molar-refractivity contribution in [1.29, 1.82) is 0 Å². The van der Waals surface area contributed by atoms with Crippen LogP contribution >= 0.6 is 12.2 Å². The number of piperidine rings is 1. The Morgan fingerprint density at radius 2 is 1.96 bits per heavy atom. The number of nitrogens with one attached hydrogen (secondary N) is 2. The second-order valence-electron chi connectivity index (χ2n) is 6.85. The Morgan fingerprint density at radius 3 is 2.67 bits per heavy atom. The maximum atomic E-state index is 5.95. The van der Waals surface area contributed by atoms with Gasteiger partial charge in [0.2, 0.25) is 11.8 Å². The molecule has 0 spiro atoms. The molecule has 1 aliphatic rings. The molecule has 0 atom stereocenters. The van der Waals surface area contributed by atoms with E-state index in [-0.39, 0.29) is 0 Å². The number of hydrogen-bond acceptors (Lipinski definition) is 5. The van der Waals surface area contributed by atoms with Crippen molar-refractivity contribution in [2.75, 3.05) is 29.9 Å². The van der Waals surface area contributed by atoms with Crippen molar-refractivity contribution in [3.63, 3.8) is 0 Å². The summed E-state index contributed by atoms with van der Waals surface area (Å²) >= 11 is 5.33. The summed E-state index contributed by atoms with van der Waals surface area (Å²) in [5.74, 6) is 3.32. The summed E-state index contributed by atoms with van der Waals surface area (Å²) in [6.07, 6.45) is 3.33. The maximum absolute atomic E-state index is 5.95. The molecule has 1 aromatic heterocycles. The lowest BCUT2D eigenvalue weighted by Crippen LogP contribution is -2.34. The van der Waals surface area contributed by atoms with Crippen LogP contribution in [0.25, 0.3) is 0 Å². The minimum Gasteiger partial charge on any atom is -0.439 e. The summed E-state index contributed by atoms with van der Waals surface area (Å²) in [4.78, 5) is 11.4. The molecule has 1 fully saturated rings. The molecule has 3 rings (SSSR count). The van der Waals surface area contributed by atoms with E-state index in [2.05, 4.69) is 39.3 Å². The minimum atomic E-state index is 0.450. The van der Waals surface area contributed by atoms with Gasteiger partial charge in [-0.1, -0.05) is 32.0 Å². The highest BCUT2D eigenvalue weighted by Crippen LogP contribution is 2.27. The van der Waals surface area contributed by atoms with Gasteiger partial charge in [-0.3, -0.25) is 0 Å². The molecule has 7 heteroatoms. The third kappa shape index (κ3) is 5.79. The highest BCUT2D eigenvalue weighted by Gasteiger charge is 2.19. The largest absolute Gasteiger partial charge is 0.439 e. The van der Waals surface area contributed by atoms with Gasteiger partial charge in [0.15, 0.2) is 5.11 Å². The number of thiocarbonyl (C=S) groups is 1. The Bertz CT molecular complexity index is 747. The summed E-state index contributed by atoms with van der Waals surface area (Å²) in [7, 11) is 0. The first-order valence-electron chi connectivity index (χ1n) is 9.56. The Morgan fingerprint density at radius 1 is 1.22 bits per heavy atom. The quantitative estimate of drug-likeness (QED) is 0.723. The van der Waals surface area contributed by atoms with Gasteiger partial charge >= 0.3 is 0 Å². The zero-order valence-electron chi connectivity index (χ0n) is 15.9. The lowest BCUT2D eigenvalue weighted by molar-refractivity contribution is 0.434. The van der Waals surface area contributed by atoms with E-state index in [4.69, 9.17) is 17.0 Å². The summed E-state index contributed by atoms with van der Waals surface area (Å²) in [6.45, 7) is 7.17. The molecule has 2 N–H and O–H groups in total. The first kappa shape index (κ1) is 19.4. The van der Waals surface area contributed by atoms with Gasteiger partial charge in [0, 0.05) is 25.7 Å². The van der Waals surface area contributed by atoms with Gasteiger partial charge in [-0.25, -0.2) is 0 Å². The normalized spacial score (nSPS) is 14.7. The number of para-hydroxylation sites is 1. The van der Waals surface area contributed by atoms with E-state index in [9.17, 15) is 0 Å². The maximum Gasteiger partial charge on any atom is 0.234 e. The molecular weight excluding hydrogens is 358 g/mol. The van der Waals surface area contributed by atoms with Crippen LogP contribution in [0.5, 0.6) is 11.6 Å². The van der Waals surface area contributed by atoms with E-state index in [1.54, 1.807) is 0 Å². The zero-order chi connectivity index (χ0) is 19.1. The van der Waals surface area contributed by atoms with Gasteiger partial charge in [0.05, 0.1) is 0 Å². The zero-order valence-corrected chi connectivity index (χ0v) is 16.8. The standard InChI is InChI=1S/C20H27N5OS/c1-3-11-21-20(27)24-19-22-17(25-12-9-15(2)10-13-25)14-18(23-19)26-16-7-5-4-6-8-16/h4-8,14-15H,3,9-13H2,1-2H3,(H2,21,22,23,24,27). The van der Waals surface area contributed by atoms with Crippen molar-refractivity contribution in [1.82, 2.24) is 15.3 Å². The molecule has 0 amide bonds. The van der Waals surface area contributed by atoms with Gasteiger partial charge in [0.1, 0.15) is 11.6 Å². The van der Waals surface area contributed by atoms with Crippen LogP contribution in [0.15, 0.2) is 36.4 Å². The summed E-state index contributed by atoms with van der Waals surface area (Å²) < 4.78 is 5.95. The first-order valence-corrected chi connectivity index (χ1v) is 9.96. The Labute approximate surface area is 166 Å². The number of rotatable bonds is 6. The fraction of sp³-hybridized carbons (Fsp3) is 0.450. The fourth-order valence-corrected chi connectivity index (χ4v) is 3.11. The molecule has 1 saturated heterocycles. The molecule has 6 nitrogen and oxygen atoms in total. The molecule has 0 bridgehead atoms. The average molecular weight is 386 g/mol. The molecule has 2 aromatic rings. The third-order valence-corrected chi connectivity index (χ3v) is 4.77. The van der Waals surface area contributed by atoms with Gasteiger partial charge in [-0.15, -0.1) is 0 Å². The molecular formula is C20H27N5OS. The van der Waals surface area contributed by atoms with E-state index >= 15 is 0 Å². The SMILES string of the molecule is CCCNC(=S)Nc1nc(Oc2ccccc2)cc(N2CCC(C)CC2)n1. The van der Waals surface area contributed by atoms with E-state index in [1.807, 2.05) is 36.4 Å². The molecule has 2 heterocycles.